The maximum Gasteiger partial charge on any atom is 0.251 e. The minimum atomic E-state index is -0.273. The van der Waals surface area contributed by atoms with Crippen LogP contribution in [0.15, 0.2) is 28.8 Å². The van der Waals surface area contributed by atoms with E-state index >= 15 is 0 Å². The third kappa shape index (κ3) is 4.79. The lowest BCUT2D eigenvalue weighted by Crippen LogP contribution is -2.34. The van der Waals surface area contributed by atoms with Crippen molar-refractivity contribution in [3.63, 3.8) is 0 Å². The van der Waals surface area contributed by atoms with Crippen molar-refractivity contribution >= 4 is 11.6 Å². The standard InChI is InChI=1S/C17H24N4O3/c1-11(10-22)19-15(23)12-5-7-13(8-6-12)18-9-14-20-16(24-21-14)17(2,3)4/h5-8,11,18,22H,9-10H2,1-4H3,(H,19,23)/t11-/m0/s1. The van der Waals surface area contributed by atoms with E-state index in [2.05, 4.69) is 20.8 Å². The zero-order valence-electron chi connectivity index (χ0n) is 14.5. The second kappa shape index (κ2) is 7.44. The highest BCUT2D eigenvalue weighted by molar-refractivity contribution is 5.94. The number of nitrogens with one attached hydrogen (secondary N) is 2. The first-order chi connectivity index (χ1) is 11.3. The zero-order chi connectivity index (χ0) is 17.7. The topological polar surface area (TPSA) is 100 Å². The van der Waals surface area contributed by atoms with Gasteiger partial charge in [-0.1, -0.05) is 25.9 Å². The first kappa shape index (κ1) is 17.9. The van der Waals surface area contributed by atoms with E-state index in [1.165, 1.54) is 0 Å². The Hall–Kier alpha value is -2.41. The molecule has 1 atom stereocenters. The van der Waals surface area contributed by atoms with Gasteiger partial charge in [-0.3, -0.25) is 4.79 Å². The average molecular weight is 332 g/mol. The van der Waals surface area contributed by atoms with Gasteiger partial charge in [0.1, 0.15) is 0 Å². The minimum Gasteiger partial charge on any atom is -0.394 e. The van der Waals surface area contributed by atoms with Crippen LogP contribution in [0.4, 0.5) is 5.69 Å². The van der Waals surface area contributed by atoms with E-state index in [-0.39, 0.29) is 24.0 Å². The van der Waals surface area contributed by atoms with E-state index in [1.807, 2.05) is 32.9 Å². The summed E-state index contributed by atoms with van der Waals surface area (Å²) in [5, 5.41) is 18.8. The number of benzene rings is 1. The molecule has 0 aliphatic carbocycles. The van der Waals surface area contributed by atoms with E-state index in [0.29, 0.717) is 23.8 Å². The summed E-state index contributed by atoms with van der Waals surface area (Å²) >= 11 is 0. The van der Waals surface area contributed by atoms with Gasteiger partial charge in [0.25, 0.3) is 5.91 Å². The fraction of sp³-hybridized carbons (Fsp3) is 0.471. The zero-order valence-corrected chi connectivity index (χ0v) is 14.5. The molecule has 1 aromatic heterocycles. The van der Waals surface area contributed by atoms with Crippen LogP contribution in [0.2, 0.25) is 0 Å². The van der Waals surface area contributed by atoms with Gasteiger partial charge in [-0.25, -0.2) is 0 Å². The molecule has 0 bridgehead atoms. The molecule has 0 saturated carbocycles. The number of anilines is 1. The van der Waals surface area contributed by atoms with Crippen LogP contribution in [0.3, 0.4) is 0 Å². The Bertz CT molecular complexity index is 674. The maximum atomic E-state index is 11.9. The summed E-state index contributed by atoms with van der Waals surface area (Å²) < 4.78 is 5.24. The van der Waals surface area contributed by atoms with Gasteiger partial charge in [0.15, 0.2) is 5.82 Å². The first-order valence-corrected chi connectivity index (χ1v) is 7.88. The van der Waals surface area contributed by atoms with Crippen LogP contribution < -0.4 is 10.6 Å². The Labute approximate surface area is 141 Å². The van der Waals surface area contributed by atoms with Crippen LogP contribution in [0.1, 0.15) is 49.8 Å². The molecule has 130 valence electrons. The SMILES string of the molecule is C[C@@H](CO)NC(=O)c1ccc(NCc2noc(C(C)(C)C)n2)cc1. The molecule has 0 aliphatic rings. The number of hydrogen-bond acceptors (Lipinski definition) is 6. The highest BCUT2D eigenvalue weighted by Crippen LogP contribution is 2.20. The largest absolute Gasteiger partial charge is 0.394 e. The summed E-state index contributed by atoms with van der Waals surface area (Å²) in [4.78, 5) is 16.3. The van der Waals surface area contributed by atoms with E-state index < -0.39 is 0 Å². The maximum absolute atomic E-state index is 11.9. The van der Waals surface area contributed by atoms with Gasteiger partial charge in [-0.05, 0) is 31.2 Å². The van der Waals surface area contributed by atoms with Crippen LogP contribution >= 0.6 is 0 Å². The van der Waals surface area contributed by atoms with E-state index in [1.54, 1.807) is 19.1 Å². The van der Waals surface area contributed by atoms with Crippen LogP contribution in [0.25, 0.3) is 0 Å². The molecule has 0 aliphatic heterocycles. The van der Waals surface area contributed by atoms with E-state index in [9.17, 15) is 4.79 Å². The molecule has 0 saturated heterocycles. The molecule has 24 heavy (non-hydrogen) atoms. The Balaban J connectivity index is 1.92. The van der Waals surface area contributed by atoms with Gasteiger partial charge < -0.3 is 20.3 Å². The molecule has 3 N–H and O–H groups in total. The highest BCUT2D eigenvalue weighted by atomic mass is 16.5. The van der Waals surface area contributed by atoms with Crippen molar-refractivity contribution in [2.75, 3.05) is 11.9 Å². The lowest BCUT2D eigenvalue weighted by Gasteiger charge is -2.11. The van der Waals surface area contributed by atoms with Crippen molar-refractivity contribution in [2.45, 2.75) is 45.7 Å². The Morgan fingerprint density at radius 1 is 1.29 bits per heavy atom. The van der Waals surface area contributed by atoms with Gasteiger partial charge in [0.2, 0.25) is 5.89 Å². The lowest BCUT2D eigenvalue weighted by molar-refractivity contribution is 0.0922. The summed E-state index contributed by atoms with van der Waals surface area (Å²) in [6, 6.07) is 6.79. The van der Waals surface area contributed by atoms with Gasteiger partial charge >= 0.3 is 0 Å². The molecule has 1 amide bonds. The Morgan fingerprint density at radius 3 is 2.50 bits per heavy atom. The molecule has 1 aromatic carbocycles. The molecule has 7 heteroatoms. The van der Waals surface area contributed by atoms with E-state index in [4.69, 9.17) is 9.63 Å². The van der Waals surface area contributed by atoms with Crippen molar-refractivity contribution in [2.24, 2.45) is 0 Å². The fourth-order valence-corrected chi connectivity index (χ4v) is 1.90. The smallest absolute Gasteiger partial charge is 0.251 e. The lowest BCUT2D eigenvalue weighted by atomic mass is 9.97. The molecular formula is C17H24N4O3. The number of carbonyl (C=O) groups excluding carboxylic acids is 1. The number of hydrogen-bond donors (Lipinski definition) is 3. The molecule has 0 unspecified atom stereocenters. The monoisotopic (exact) mass is 332 g/mol. The molecule has 0 spiro atoms. The molecule has 0 fully saturated rings. The summed E-state index contributed by atoms with van der Waals surface area (Å²) in [6.07, 6.45) is 0. The summed E-state index contributed by atoms with van der Waals surface area (Å²) in [6.45, 7) is 8.13. The predicted molar refractivity (Wildman–Crippen MR) is 90.8 cm³/mol. The van der Waals surface area contributed by atoms with Crippen LogP contribution in [-0.2, 0) is 12.0 Å². The predicted octanol–water partition coefficient (Wildman–Crippen LogP) is 2.09. The van der Waals surface area contributed by atoms with Crippen LogP contribution in [0.5, 0.6) is 0 Å². The van der Waals surface area contributed by atoms with Gasteiger partial charge in [-0.2, -0.15) is 4.98 Å². The number of aliphatic hydroxyl groups excluding tert-OH is 1. The third-order valence-corrected chi connectivity index (χ3v) is 3.36. The van der Waals surface area contributed by atoms with Crippen LogP contribution in [0, 0.1) is 0 Å². The number of rotatable bonds is 6. The Kier molecular flexibility index (Phi) is 5.56. The molecule has 2 rings (SSSR count). The number of carbonyl (C=O) groups is 1. The second-order valence-corrected chi connectivity index (χ2v) is 6.75. The van der Waals surface area contributed by atoms with Gasteiger partial charge in [-0.15, -0.1) is 0 Å². The molecule has 7 nitrogen and oxygen atoms in total. The van der Waals surface area contributed by atoms with Crippen molar-refractivity contribution in [1.29, 1.82) is 0 Å². The highest BCUT2D eigenvalue weighted by Gasteiger charge is 2.21. The Morgan fingerprint density at radius 2 is 1.96 bits per heavy atom. The van der Waals surface area contributed by atoms with Crippen molar-refractivity contribution in [3.8, 4) is 0 Å². The van der Waals surface area contributed by atoms with E-state index in [0.717, 1.165) is 5.69 Å². The second-order valence-electron chi connectivity index (χ2n) is 6.75. The fourth-order valence-electron chi connectivity index (χ4n) is 1.90. The third-order valence-electron chi connectivity index (χ3n) is 3.36. The molecule has 0 radical (unpaired) electrons. The van der Waals surface area contributed by atoms with Gasteiger partial charge in [0.05, 0.1) is 13.2 Å². The number of nitrogens with zero attached hydrogens (tertiary/aromatic N) is 2. The van der Waals surface area contributed by atoms with Crippen LogP contribution in [-0.4, -0.2) is 33.8 Å². The first-order valence-electron chi connectivity index (χ1n) is 7.88. The van der Waals surface area contributed by atoms with Crippen molar-refractivity contribution in [1.82, 2.24) is 15.5 Å². The van der Waals surface area contributed by atoms with Crippen molar-refractivity contribution in [3.05, 3.63) is 41.5 Å². The summed E-state index contributed by atoms with van der Waals surface area (Å²) in [7, 11) is 0. The minimum absolute atomic E-state index is 0.0906. The quantitative estimate of drug-likeness (QED) is 0.749. The van der Waals surface area contributed by atoms with Crippen molar-refractivity contribution < 1.29 is 14.4 Å². The number of aliphatic hydroxyl groups is 1. The summed E-state index contributed by atoms with van der Waals surface area (Å²) in [5.41, 5.74) is 1.21. The number of aromatic nitrogens is 2. The normalized spacial score (nSPS) is 12.7. The molecule has 2 aromatic rings. The molecular weight excluding hydrogens is 308 g/mol. The van der Waals surface area contributed by atoms with Gasteiger partial charge in [0, 0.05) is 22.7 Å². The average Bonchev–Trinajstić information content (AvgIpc) is 3.02. The summed E-state index contributed by atoms with van der Waals surface area (Å²) in [5.74, 6) is 0.971. The number of amides is 1. The molecule has 1 heterocycles.